The van der Waals surface area contributed by atoms with Crippen molar-refractivity contribution in [2.24, 2.45) is 0 Å². The highest BCUT2D eigenvalue weighted by atomic mass is 19.1. The fourth-order valence-electron chi connectivity index (χ4n) is 3.59. The van der Waals surface area contributed by atoms with Crippen LogP contribution in [0.1, 0.15) is 13.8 Å². The van der Waals surface area contributed by atoms with E-state index in [0.717, 1.165) is 6.20 Å². The summed E-state index contributed by atoms with van der Waals surface area (Å²) in [4.78, 5) is 26.6. The maximum atomic E-state index is 15.0. The van der Waals surface area contributed by atoms with E-state index >= 15 is 0 Å². The van der Waals surface area contributed by atoms with Crippen LogP contribution in [0.3, 0.4) is 0 Å². The molecule has 0 radical (unpaired) electrons. The molecule has 1 aliphatic heterocycles. The van der Waals surface area contributed by atoms with Crippen molar-refractivity contribution in [2.75, 3.05) is 50.7 Å². The predicted molar refractivity (Wildman–Crippen MR) is 133 cm³/mol. The van der Waals surface area contributed by atoms with Crippen molar-refractivity contribution in [3.8, 4) is 23.0 Å². The van der Waals surface area contributed by atoms with E-state index in [1.54, 1.807) is 38.1 Å². The van der Waals surface area contributed by atoms with Gasteiger partial charge in [0.05, 0.1) is 27.5 Å². The fourth-order valence-corrected chi connectivity index (χ4v) is 3.59. The van der Waals surface area contributed by atoms with E-state index in [4.69, 9.17) is 23.7 Å². The first-order valence-corrected chi connectivity index (χ1v) is 11.1. The lowest BCUT2D eigenvalue weighted by Crippen LogP contribution is -2.46. The lowest BCUT2D eigenvalue weighted by molar-refractivity contribution is -0.129. The molecule has 0 fully saturated rings. The third-order valence-electron chi connectivity index (χ3n) is 5.42. The molecule has 3 aromatic rings. The smallest absolute Gasteiger partial charge is 0.269 e. The first-order valence-electron chi connectivity index (χ1n) is 11.1. The van der Waals surface area contributed by atoms with Gasteiger partial charge in [0, 0.05) is 24.9 Å². The van der Waals surface area contributed by atoms with Crippen molar-refractivity contribution in [3.63, 3.8) is 0 Å². The molecule has 0 bridgehead atoms. The number of hydrogen-bond donors (Lipinski definition) is 2. The first-order chi connectivity index (χ1) is 17.7. The minimum Gasteiger partial charge on any atom is -0.493 e. The van der Waals surface area contributed by atoms with Crippen LogP contribution in [0.25, 0.3) is 0 Å². The molecule has 1 aromatic carbocycles. The molecule has 2 aromatic heterocycles. The van der Waals surface area contributed by atoms with Crippen LogP contribution in [0, 0.1) is 5.82 Å². The number of rotatable bonds is 9. The van der Waals surface area contributed by atoms with Gasteiger partial charge < -0.3 is 34.3 Å². The van der Waals surface area contributed by atoms with Gasteiger partial charge in [-0.15, -0.1) is 0 Å². The van der Waals surface area contributed by atoms with E-state index in [9.17, 15) is 9.18 Å². The van der Waals surface area contributed by atoms with Gasteiger partial charge in [-0.3, -0.25) is 9.69 Å². The average molecular weight is 515 g/mol. The summed E-state index contributed by atoms with van der Waals surface area (Å²) in [5, 5.41) is 5.73. The minimum absolute atomic E-state index is 0.0862. The molecule has 12 nitrogen and oxygen atoms in total. The Bertz CT molecular complexity index is 1300. The number of aromatic nitrogens is 3. The van der Waals surface area contributed by atoms with Crippen LogP contribution < -0.4 is 34.5 Å². The summed E-state index contributed by atoms with van der Waals surface area (Å²) in [5.41, 5.74) is -0.533. The number of pyridine rings is 1. The highest BCUT2D eigenvalue weighted by molar-refractivity contribution is 5.99. The molecular weight excluding hydrogens is 487 g/mol. The molecule has 13 heteroatoms. The number of anilines is 5. The van der Waals surface area contributed by atoms with Crippen molar-refractivity contribution in [2.45, 2.75) is 19.4 Å². The van der Waals surface area contributed by atoms with Gasteiger partial charge in [0.25, 0.3) is 5.91 Å². The largest absolute Gasteiger partial charge is 0.493 e. The van der Waals surface area contributed by atoms with Gasteiger partial charge in [0.2, 0.25) is 11.7 Å². The highest BCUT2D eigenvalue weighted by Crippen LogP contribution is 2.41. The van der Waals surface area contributed by atoms with Gasteiger partial charge >= 0.3 is 0 Å². The number of halogens is 1. The van der Waals surface area contributed by atoms with Crippen molar-refractivity contribution >= 4 is 35.0 Å². The minimum atomic E-state index is -1.05. The third-order valence-corrected chi connectivity index (χ3v) is 5.42. The Kier molecular flexibility index (Phi) is 7.16. The van der Waals surface area contributed by atoms with E-state index in [1.807, 2.05) is 0 Å². The standard InChI is InChI=1S/C24H27FN6O6/c1-24(2)22(32)29-20-15(37-24)7-8-18(28-20)31(12-33-3)21-14(25)11-26-23(30-21)27-13-9-16(34-4)19(36-6)17(10-13)35-5/h7-11H,12H2,1-6H3,(H,26,27,30)(H,28,29,32). The van der Waals surface area contributed by atoms with Crippen molar-refractivity contribution < 1.29 is 32.9 Å². The number of nitrogens with one attached hydrogen (secondary N) is 2. The summed E-state index contributed by atoms with van der Waals surface area (Å²) in [7, 11) is 5.94. The molecule has 196 valence electrons. The molecular formula is C24H27FN6O6. The summed E-state index contributed by atoms with van der Waals surface area (Å²) in [6.45, 7) is 3.20. The molecule has 4 rings (SSSR count). The van der Waals surface area contributed by atoms with Crippen LogP contribution in [-0.2, 0) is 9.53 Å². The summed E-state index contributed by atoms with van der Waals surface area (Å²) in [5.74, 6) is 1.01. The van der Waals surface area contributed by atoms with E-state index in [2.05, 4.69) is 25.6 Å². The second-order valence-corrected chi connectivity index (χ2v) is 8.33. The Morgan fingerprint density at radius 3 is 2.41 bits per heavy atom. The molecule has 0 saturated carbocycles. The van der Waals surface area contributed by atoms with Gasteiger partial charge in [-0.25, -0.2) is 14.4 Å². The number of nitrogens with zero attached hydrogens (tertiary/aromatic N) is 4. The zero-order chi connectivity index (χ0) is 26.7. The molecule has 0 unspecified atom stereocenters. The third kappa shape index (κ3) is 5.11. The van der Waals surface area contributed by atoms with Crippen molar-refractivity contribution in [1.82, 2.24) is 15.0 Å². The van der Waals surface area contributed by atoms with E-state index in [-0.39, 0.29) is 36.0 Å². The molecule has 37 heavy (non-hydrogen) atoms. The first kappa shape index (κ1) is 25.7. The summed E-state index contributed by atoms with van der Waals surface area (Å²) >= 11 is 0. The molecule has 1 amide bonds. The molecule has 0 spiro atoms. The number of ether oxygens (including phenoxy) is 5. The number of methoxy groups -OCH3 is 4. The summed E-state index contributed by atoms with van der Waals surface area (Å²) < 4.78 is 42.1. The van der Waals surface area contributed by atoms with Gasteiger partial charge in [0.1, 0.15) is 12.5 Å². The number of hydrogen-bond acceptors (Lipinski definition) is 11. The second kappa shape index (κ2) is 10.3. The number of carbonyl (C=O) groups excluding carboxylic acids is 1. The topological polar surface area (TPSA) is 129 Å². The van der Waals surface area contributed by atoms with Crippen LogP contribution in [0.15, 0.2) is 30.5 Å². The summed E-state index contributed by atoms with van der Waals surface area (Å²) in [6, 6.07) is 6.57. The highest BCUT2D eigenvalue weighted by Gasteiger charge is 2.36. The molecule has 0 saturated heterocycles. The fraction of sp³-hybridized carbons (Fsp3) is 0.333. The van der Waals surface area contributed by atoms with Crippen LogP contribution in [0.2, 0.25) is 0 Å². The van der Waals surface area contributed by atoms with E-state index in [0.29, 0.717) is 28.7 Å². The normalized spacial score (nSPS) is 13.6. The number of benzene rings is 1. The Hall–Kier alpha value is -4.39. The Labute approximate surface area is 212 Å². The Morgan fingerprint density at radius 2 is 1.78 bits per heavy atom. The number of amides is 1. The van der Waals surface area contributed by atoms with Crippen molar-refractivity contribution in [3.05, 3.63) is 36.3 Å². The van der Waals surface area contributed by atoms with Crippen LogP contribution in [0.5, 0.6) is 23.0 Å². The Morgan fingerprint density at radius 1 is 1.08 bits per heavy atom. The maximum absolute atomic E-state index is 15.0. The lowest BCUT2D eigenvalue weighted by Gasteiger charge is -2.31. The van der Waals surface area contributed by atoms with Crippen LogP contribution in [0.4, 0.5) is 33.5 Å². The maximum Gasteiger partial charge on any atom is 0.269 e. The molecule has 2 N–H and O–H groups in total. The van der Waals surface area contributed by atoms with Gasteiger partial charge in [0.15, 0.2) is 40.3 Å². The zero-order valence-electron chi connectivity index (χ0n) is 21.2. The molecule has 0 aliphatic carbocycles. The summed E-state index contributed by atoms with van der Waals surface area (Å²) in [6.07, 6.45) is 1.02. The molecule has 0 atom stereocenters. The zero-order valence-corrected chi connectivity index (χ0v) is 21.2. The Balaban J connectivity index is 1.69. The van der Waals surface area contributed by atoms with Crippen molar-refractivity contribution in [1.29, 1.82) is 0 Å². The number of carbonyl (C=O) groups is 1. The van der Waals surface area contributed by atoms with Gasteiger partial charge in [-0.2, -0.15) is 4.98 Å². The SMILES string of the molecule is COCN(c1ccc2c(n1)NC(=O)C(C)(C)O2)c1nc(Nc2cc(OC)c(OC)c(OC)c2)ncc1F. The second-order valence-electron chi connectivity index (χ2n) is 8.33. The average Bonchev–Trinajstić information content (AvgIpc) is 2.88. The van der Waals surface area contributed by atoms with Crippen LogP contribution in [-0.4, -0.2) is 61.6 Å². The quantitative estimate of drug-likeness (QED) is 0.406. The predicted octanol–water partition coefficient (Wildman–Crippen LogP) is 3.63. The molecule has 1 aliphatic rings. The van der Waals surface area contributed by atoms with E-state index in [1.165, 1.54) is 33.3 Å². The molecule has 3 heterocycles. The monoisotopic (exact) mass is 514 g/mol. The van der Waals surface area contributed by atoms with Gasteiger partial charge in [-0.05, 0) is 26.0 Å². The van der Waals surface area contributed by atoms with E-state index < -0.39 is 11.4 Å². The lowest BCUT2D eigenvalue weighted by atomic mass is 10.1. The van der Waals surface area contributed by atoms with Gasteiger partial charge in [-0.1, -0.05) is 0 Å². The number of fused-ring (bicyclic) bond motifs is 1. The van der Waals surface area contributed by atoms with Crippen LogP contribution >= 0.6 is 0 Å².